The van der Waals surface area contributed by atoms with E-state index in [9.17, 15) is 0 Å². The monoisotopic (exact) mass is 309 g/mol. The minimum atomic E-state index is 0.816. The number of aliphatic imine (C=N–C) groups is 1. The highest BCUT2D eigenvalue weighted by Gasteiger charge is 2.38. The molecule has 2 bridgehead atoms. The van der Waals surface area contributed by atoms with Crippen molar-refractivity contribution in [2.45, 2.75) is 58.8 Å². The number of guanidine groups is 1. The van der Waals surface area contributed by atoms with Crippen LogP contribution in [0.5, 0.6) is 0 Å². The van der Waals surface area contributed by atoms with E-state index in [1.807, 2.05) is 6.92 Å². The number of nitrogens with zero attached hydrogens (tertiary/aromatic N) is 1. The summed E-state index contributed by atoms with van der Waals surface area (Å²) >= 11 is 0. The number of rotatable bonds is 10. The van der Waals surface area contributed by atoms with E-state index in [1.165, 1.54) is 32.1 Å². The number of fused-ring (bicyclic) bond motifs is 2. The Hall–Kier alpha value is -0.770. The first-order valence-corrected chi connectivity index (χ1v) is 9.43. The van der Waals surface area contributed by atoms with E-state index in [-0.39, 0.29) is 0 Å². The summed E-state index contributed by atoms with van der Waals surface area (Å²) in [6.45, 7) is 8.73. The fourth-order valence-electron chi connectivity index (χ4n) is 4.10. The van der Waals surface area contributed by atoms with Crippen molar-refractivity contribution in [3.8, 4) is 0 Å². The maximum atomic E-state index is 5.35. The van der Waals surface area contributed by atoms with Crippen molar-refractivity contribution in [3.63, 3.8) is 0 Å². The van der Waals surface area contributed by atoms with Gasteiger partial charge in [0.15, 0.2) is 5.96 Å². The van der Waals surface area contributed by atoms with E-state index < -0.39 is 0 Å². The Balaban J connectivity index is 1.58. The van der Waals surface area contributed by atoms with Crippen LogP contribution in [0.3, 0.4) is 0 Å². The van der Waals surface area contributed by atoms with E-state index >= 15 is 0 Å². The van der Waals surface area contributed by atoms with Gasteiger partial charge in [-0.15, -0.1) is 0 Å². The molecule has 2 rings (SSSR count). The van der Waals surface area contributed by atoms with Crippen LogP contribution in [-0.2, 0) is 4.74 Å². The van der Waals surface area contributed by atoms with Crippen molar-refractivity contribution in [3.05, 3.63) is 0 Å². The summed E-state index contributed by atoms with van der Waals surface area (Å²) in [6, 6.07) is 0. The molecule has 3 atom stereocenters. The van der Waals surface area contributed by atoms with Crippen molar-refractivity contribution < 1.29 is 4.74 Å². The number of hydrogen-bond donors (Lipinski definition) is 2. The first kappa shape index (κ1) is 17.6. The standard InChI is InChI=1S/C18H35N3O/c1-3-19-18(20-10-5-6-12-22-4-2)21-11-9-17-14-15-7-8-16(17)13-15/h15-17H,3-14H2,1-2H3,(H2,19,20,21). The molecule has 2 aliphatic rings. The molecule has 0 radical (unpaired) electrons. The SMILES string of the molecule is CCNC(=NCCCCOCC)NCCC1CC2CCC1C2. The Kier molecular flexibility index (Phi) is 8.06. The summed E-state index contributed by atoms with van der Waals surface area (Å²) in [4.78, 5) is 4.66. The molecule has 0 spiro atoms. The summed E-state index contributed by atoms with van der Waals surface area (Å²) in [5.74, 6) is 4.05. The molecule has 3 unspecified atom stereocenters. The van der Waals surface area contributed by atoms with Crippen LogP contribution in [0.25, 0.3) is 0 Å². The van der Waals surface area contributed by atoms with Crippen molar-refractivity contribution in [2.24, 2.45) is 22.7 Å². The van der Waals surface area contributed by atoms with Gasteiger partial charge in [-0.05, 0) is 70.1 Å². The van der Waals surface area contributed by atoms with Gasteiger partial charge in [-0.1, -0.05) is 6.42 Å². The Morgan fingerprint density at radius 1 is 1.14 bits per heavy atom. The molecule has 2 saturated carbocycles. The Morgan fingerprint density at radius 2 is 2.05 bits per heavy atom. The topological polar surface area (TPSA) is 45.7 Å². The van der Waals surface area contributed by atoms with Gasteiger partial charge >= 0.3 is 0 Å². The van der Waals surface area contributed by atoms with Gasteiger partial charge in [0.1, 0.15) is 0 Å². The zero-order valence-corrected chi connectivity index (χ0v) is 14.6. The average molecular weight is 309 g/mol. The second-order valence-electron chi connectivity index (χ2n) is 6.82. The zero-order valence-electron chi connectivity index (χ0n) is 14.6. The molecule has 0 aromatic heterocycles. The van der Waals surface area contributed by atoms with Gasteiger partial charge in [0, 0.05) is 32.8 Å². The predicted molar refractivity (Wildman–Crippen MR) is 93.3 cm³/mol. The van der Waals surface area contributed by atoms with Crippen LogP contribution >= 0.6 is 0 Å². The van der Waals surface area contributed by atoms with Crippen LogP contribution in [0.1, 0.15) is 58.8 Å². The summed E-state index contributed by atoms with van der Waals surface area (Å²) in [5.41, 5.74) is 0. The molecule has 2 N–H and O–H groups in total. The van der Waals surface area contributed by atoms with Gasteiger partial charge in [-0.3, -0.25) is 4.99 Å². The van der Waals surface area contributed by atoms with Crippen LogP contribution in [-0.4, -0.2) is 38.8 Å². The van der Waals surface area contributed by atoms with Crippen LogP contribution in [0.2, 0.25) is 0 Å². The summed E-state index contributed by atoms with van der Waals surface area (Å²) < 4.78 is 5.35. The number of nitrogens with one attached hydrogen (secondary N) is 2. The van der Waals surface area contributed by atoms with Crippen LogP contribution in [0.15, 0.2) is 4.99 Å². The van der Waals surface area contributed by atoms with Crippen molar-refractivity contribution in [1.29, 1.82) is 0 Å². The van der Waals surface area contributed by atoms with Crippen LogP contribution in [0, 0.1) is 17.8 Å². The van der Waals surface area contributed by atoms with Gasteiger partial charge in [0.2, 0.25) is 0 Å². The first-order valence-electron chi connectivity index (χ1n) is 9.43. The second-order valence-corrected chi connectivity index (χ2v) is 6.82. The lowest BCUT2D eigenvalue weighted by atomic mass is 9.86. The average Bonchev–Trinajstić information content (AvgIpc) is 3.13. The van der Waals surface area contributed by atoms with Crippen molar-refractivity contribution >= 4 is 5.96 Å². The third-order valence-corrected chi connectivity index (χ3v) is 5.21. The zero-order chi connectivity index (χ0) is 15.6. The van der Waals surface area contributed by atoms with Gasteiger partial charge in [-0.25, -0.2) is 0 Å². The summed E-state index contributed by atoms with van der Waals surface area (Å²) in [7, 11) is 0. The molecule has 4 heteroatoms. The molecule has 2 aliphatic carbocycles. The largest absolute Gasteiger partial charge is 0.382 e. The number of hydrogen-bond acceptors (Lipinski definition) is 2. The quantitative estimate of drug-likeness (QED) is 0.370. The fraction of sp³-hybridized carbons (Fsp3) is 0.944. The van der Waals surface area contributed by atoms with Gasteiger partial charge in [-0.2, -0.15) is 0 Å². The normalized spacial score (nSPS) is 27.4. The maximum absolute atomic E-state index is 5.35. The summed E-state index contributed by atoms with van der Waals surface area (Å²) in [6.07, 6.45) is 9.50. The van der Waals surface area contributed by atoms with Crippen molar-refractivity contribution in [1.82, 2.24) is 10.6 Å². The predicted octanol–water partition coefficient (Wildman–Crippen LogP) is 3.18. The van der Waals surface area contributed by atoms with Gasteiger partial charge < -0.3 is 15.4 Å². The fourth-order valence-corrected chi connectivity index (χ4v) is 4.10. The second kappa shape index (κ2) is 10.1. The molecular weight excluding hydrogens is 274 g/mol. The van der Waals surface area contributed by atoms with E-state index in [0.717, 1.165) is 69.4 Å². The molecule has 0 aliphatic heterocycles. The lowest BCUT2D eigenvalue weighted by Gasteiger charge is -2.22. The third-order valence-electron chi connectivity index (χ3n) is 5.21. The molecule has 0 heterocycles. The highest BCUT2D eigenvalue weighted by atomic mass is 16.5. The molecule has 22 heavy (non-hydrogen) atoms. The molecule has 4 nitrogen and oxygen atoms in total. The molecule has 128 valence electrons. The minimum absolute atomic E-state index is 0.816. The maximum Gasteiger partial charge on any atom is 0.191 e. The molecular formula is C18H35N3O. The number of unbranched alkanes of at least 4 members (excludes halogenated alkanes) is 1. The lowest BCUT2D eigenvalue weighted by Crippen LogP contribution is -2.38. The Morgan fingerprint density at radius 3 is 2.73 bits per heavy atom. The van der Waals surface area contributed by atoms with Gasteiger partial charge in [0.25, 0.3) is 0 Å². The first-order chi connectivity index (χ1) is 10.8. The molecule has 0 aromatic rings. The minimum Gasteiger partial charge on any atom is -0.382 e. The molecule has 0 amide bonds. The van der Waals surface area contributed by atoms with E-state index in [0.29, 0.717) is 0 Å². The van der Waals surface area contributed by atoms with Crippen LogP contribution in [0.4, 0.5) is 0 Å². The van der Waals surface area contributed by atoms with E-state index in [2.05, 4.69) is 22.5 Å². The van der Waals surface area contributed by atoms with E-state index in [1.54, 1.807) is 0 Å². The highest BCUT2D eigenvalue weighted by Crippen LogP contribution is 2.49. The summed E-state index contributed by atoms with van der Waals surface area (Å²) in [5, 5.41) is 6.87. The molecule has 2 fully saturated rings. The Bertz CT molecular complexity index is 332. The van der Waals surface area contributed by atoms with Gasteiger partial charge in [0.05, 0.1) is 0 Å². The lowest BCUT2D eigenvalue weighted by molar-refractivity contribution is 0.144. The Labute approximate surface area is 136 Å². The van der Waals surface area contributed by atoms with E-state index in [4.69, 9.17) is 4.74 Å². The smallest absolute Gasteiger partial charge is 0.191 e. The molecule has 0 saturated heterocycles. The van der Waals surface area contributed by atoms with Crippen LogP contribution < -0.4 is 10.6 Å². The number of ether oxygens (including phenoxy) is 1. The molecule has 0 aromatic carbocycles. The third kappa shape index (κ3) is 5.79. The van der Waals surface area contributed by atoms with Crippen molar-refractivity contribution in [2.75, 3.05) is 32.8 Å². The highest BCUT2D eigenvalue weighted by molar-refractivity contribution is 5.79.